The first-order valence-electron chi connectivity index (χ1n) is 6.26. The summed E-state index contributed by atoms with van der Waals surface area (Å²) in [7, 11) is 1.64. The molecule has 0 unspecified atom stereocenters. The fourth-order valence-electron chi connectivity index (χ4n) is 1.96. The Hall–Kier alpha value is -2.00. The summed E-state index contributed by atoms with van der Waals surface area (Å²) in [6, 6.07) is 11.8. The van der Waals surface area contributed by atoms with E-state index in [-0.39, 0.29) is 0 Å². The lowest BCUT2D eigenvalue weighted by Gasteiger charge is -2.13. The van der Waals surface area contributed by atoms with Gasteiger partial charge in [-0.05, 0) is 31.5 Å². The molecule has 3 heteroatoms. The third kappa shape index (κ3) is 3.06. The Morgan fingerprint density at radius 1 is 1.00 bits per heavy atom. The highest BCUT2D eigenvalue weighted by atomic mass is 16.5. The Morgan fingerprint density at radius 3 is 2.42 bits per heavy atom. The Morgan fingerprint density at radius 2 is 1.79 bits per heavy atom. The van der Waals surface area contributed by atoms with Crippen molar-refractivity contribution in [2.24, 2.45) is 5.73 Å². The molecule has 0 spiro atoms. The number of ether oxygens (including phenoxy) is 2. The Labute approximate surface area is 114 Å². The summed E-state index contributed by atoms with van der Waals surface area (Å²) in [6.45, 7) is 4.53. The predicted octanol–water partition coefficient (Wildman–Crippen LogP) is 3.56. The van der Waals surface area contributed by atoms with E-state index < -0.39 is 0 Å². The molecule has 0 aromatic heterocycles. The van der Waals surface area contributed by atoms with Gasteiger partial charge in [-0.15, -0.1) is 0 Å². The predicted molar refractivity (Wildman–Crippen MR) is 76.9 cm³/mol. The Balaban J connectivity index is 2.36. The van der Waals surface area contributed by atoms with Crippen LogP contribution in [-0.4, -0.2) is 7.11 Å². The number of methoxy groups -OCH3 is 1. The van der Waals surface area contributed by atoms with Gasteiger partial charge >= 0.3 is 0 Å². The first kappa shape index (κ1) is 13.4. The lowest BCUT2D eigenvalue weighted by atomic mass is 10.1. The summed E-state index contributed by atoms with van der Waals surface area (Å²) in [5.74, 6) is 2.35. The number of hydrogen-bond donors (Lipinski definition) is 1. The number of nitrogens with two attached hydrogens (primary N) is 1. The van der Waals surface area contributed by atoms with E-state index in [1.165, 1.54) is 5.56 Å². The highest BCUT2D eigenvalue weighted by molar-refractivity contribution is 5.45. The molecule has 0 aliphatic heterocycles. The minimum absolute atomic E-state index is 0.435. The molecule has 0 fully saturated rings. The van der Waals surface area contributed by atoms with Crippen molar-refractivity contribution in [3.05, 3.63) is 53.1 Å². The van der Waals surface area contributed by atoms with Crippen molar-refractivity contribution in [2.45, 2.75) is 20.4 Å². The molecule has 0 saturated carbocycles. The van der Waals surface area contributed by atoms with Crippen molar-refractivity contribution >= 4 is 0 Å². The van der Waals surface area contributed by atoms with Crippen molar-refractivity contribution in [3.63, 3.8) is 0 Å². The zero-order valence-corrected chi connectivity index (χ0v) is 11.6. The van der Waals surface area contributed by atoms with E-state index in [1.54, 1.807) is 7.11 Å². The average molecular weight is 257 g/mol. The molecule has 0 heterocycles. The third-order valence-electron chi connectivity index (χ3n) is 3.04. The van der Waals surface area contributed by atoms with Crippen molar-refractivity contribution in [1.82, 2.24) is 0 Å². The van der Waals surface area contributed by atoms with Crippen molar-refractivity contribution in [1.29, 1.82) is 0 Å². The van der Waals surface area contributed by atoms with Crippen LogP contribution in [0.25, 0.3) is 0 Å². The van der Waals surface area contributed by atoms with Crippen LogP contribution in [-0.2, 0) is 6.54 Å². The van der Waals surface area contributed by atoms with Gasteiger partial charge in [0.2, 0.25) is 0 Å². The van der Waals surface area contributed by atoms with Gasteiger partial charge < -0.3 is 15.2 Å². The molecule has 0 aliphatic carbocycles. The summed E-state index contributed by atoms with van der Waals surface area (Å²) in [6.07, 6.45) is 0. The van der Waals surface area contributed by atoms with Gasteiger partial charge in [-0.2, -0.15) is 0 Å². The molecule has 0 radical (unpaired) electrons. The minimum Gasteiger partial charge on any atom is -0.497 e. The SMILES string of the molecule is COc1ccc(CN)c(Oc2ccc(C)cc2C)c1. The molecule has 0 atom stereocenters. The normalized spacial score (nSPS) is 10.3. The molecule has 2 aromatic carbocycles. The minimum atomic E-state index is 0.435. The van der Waals surface area contributed by atoms with Crippen LogP contribution in [0.4, 0.5) is 0 Å². The molecule has 0 amide bonds. The molecule has 3 nitrogen and oxygen atoms in total. The Kier molecular flexibility index (Phi) is 4.07. The third-order valence-corrected chi connectivity index (χ3v) is 3.04. The van der Waals surface area contributed by atoms with E-state index in [9.17, 15) is 0 Å². The quantitative estimate of drug-likeness (QED) is 0.910. The monoisotopic (exact) mass is 257 g/mol. The van der Waals surface area contributed by atoms with Crippen LogP contribution in [0.1, 0.15) is 16.7 Å². The first-order chi connectivity index (χ1) is 9.13. The van der Waals surface area contributed by atoms with Crippen LogP contribution < -0.4 is 15.2 Å². The second kappa shape index (κ2) is 5.76. The van der Waals surface area contributed by atoms with Crippen molar-refractivity contribution in [2.75, 3.05) is 7.11 Å². The van der Waals surface area contributed by atoms with Gasteiger partial charge in [0, 0.05) is 18.2 Å². The first-order valence-corrected chi connectivity index (χ1v) is 6.26. The molecule has 0 saturated heterocycles. The van der Waals surface area contributed by atoms with Crippen LogP contribution in [0.5, 0.6) is 17.2 Å². The van der Waals surface area contributed by atoms with Gasteiger partial charge in [-0.1, -0.05) is 23.8 Å². The number of hydrogen-bond acceptors (Lipinski definition) is 3. The lowest BCUT2D eigenvalue weighted by Crippen LogP contribution is -2.00. The smallest absolute Gasteiger partial charge is 0.135 e. The van der Waals surface area contributed by atoms with Gasteiger partial charge in [0.15, 0.2) is 0 Å². The van der Waals surface area contributed by atoms with E-state index >= 15 is 0 Å². The van der Waals surface area contributed by atoms with Gasteiger partial charge in [0.05, 0.1) is 7.11 Å². The average Bonchev–Trinajstić information content (AvgIpc) is 2.41. The zero-order valence-electron chi connectivity index (χ0n) is 11.6. The van der Waals surface area contributed by atoms with E-state index in [4.69, 9.17) is 15.2 Å². The maximum atomic E-state index is 5.97. The fourth-order valence-corrected chi connectivity index (χ4v) is 1.96. The summed E-state index contributed by atoms with van der Waals surface area (Å²) in [5.41, 5.74) is 9.02. The Bertz CT molecular complexity index is 579. The van der Waals surface area contributed by atoms with Gasteiger partial charge in [-0.25, -0.2) is 0 Å². The highest BCUT2D eigenvalue weighted by Gasteiger charge is 2.07. The molecule has 2 aromatic rings. The van der Waals surface area contributed by atoms with E-state index in [0.717, 1.165) is 28.4 Å². The van der Waals surface area contributed by atoms with Crippen LogP contribution >= 0.6 is 0 Å². The van der Waals surface area contributed by atoms with Gasteiger partial charge in [-0.3, -0.25) is 0 Å². The fraction of sp³-hybridized carbons (Fsp3) is 0.250. The maximum Gasteiger partial charge on any atom is 0.135 e. The molecular weight excluding hydrogens is 238 g/mol. The van der Waals surface area contributed by atoms with Gasteiger partial charge in [0.25, 0.3) is 0 Å². The topological polar surface area (TPSA) is 44.5 Å². The van der Waals surface area contributed by atoms with Gasteiger partial charge in [0.1, 0.15) is 17.2 Å². The van der Waals surface area contributed by atoms with Crippen LogP contribution in [0.2, 0.25) is 0 Å². The lowest BCUT2D eigenvalue weighted by molar-refractivity contribution is 0.407. The molecule has 2 N–H and O–H groups in total. The molecule has 19 heavy (non-hydrogen) atoms. The van der Waals surface area contributed by atoms with Crippen molar-refractivity contribution < 1.29 is 9.47 Å². The van der Waals surface area contributed by atoms with Crippen LogP contribution in [0.15, 0.2) is 36.4 Å². The van der Waals surface area contributed by atoms with E-state index in [0.29, 0.717) is 6.54 Å². The summed E-state index contributed by atoms with van der Waals surface area (Å²) in [4.78, 5) is 0. The largest absolute Gasteiger partial charge is 0.497 e. The molecule has 0 bridgehead atoms. The maximum absolute atomic E-state index is 5.97. The second-order valence-electron chi connectivity index (χ2n) is 4.55. The standard InChI is InChI=1S/C16H19NO2/c1-11-4-7-15(12(2)8-11)19-16-9-14(18-3)6-5-13(16)10-17/h4-9H,10,17H2,1-3H3. The molecule has 100 valence electrons. The summed E-state index contributed by atoms with van der Waals surface area (Å²) >= 11 is 0. The second-order valence-corrected chi connectivity index (χ2v) is 4.55. The molecule has 0 aliphatic rings. The molecule has 2 rings (SSSR count). The van der Waals surface area contributed by atoms with Crippen LogP contribution in [0.3, 0.4) is 0 Å². The summed E-state index contributed by atoms with van der Waals surface area (Å²) < 4.78 is 11.2. The number of aryl methyl sites for hydroxylation is 2. The number of benzene rings is 2. The van der Waals surface area contributed by atoms with Crippen LogP contribution in [0, 0.1) is 13.8 Å². The number of rotatable bonds is 4. The van der Waals surface area contributed by atoms with Crippen molar-refractivity contribution in [3.8, 4) is 17.2 Å². The highest BCUT2D eigenvalue weighted by Crippen LogP contribution is 2.31. The van der Waals surface area contributed by atoms with E-state index in [2.05, 4.69) is 13.0 Å². The summed E-state index contributed by atoms with van der Waals surface area (Å²) in [5, 5.41) is 0. The molecular formula is C16H19NO2. The van der Waals surface area contributed by atoms with E-state index in [1.807, 2.05) is 37.3 Å². The zero-order chi connectivity index (χ0) is 13.8.